The van der Waals surface area contributed by atoms with Gasteiger partial charge in [0.05, 0.1) is 28.4 Å². The van der Waals surface area contributed by atoms with Gasteiger partial charge in [0.25, 0.3) is 0 Å². The van der Waals surface area contributed by atoms with Crippen LogP contribution >= 0.6 is 0 Å². The van der Waals surface area contributed by atoms with Crippen LogP contribution in [0.3, 0.4) is 0 Å². The number of nitrogens with zero attached hydrogens (tertiary/aromatic N) is 3. The molecule has 0 amide bonds. The van der Waals surface area contributed by atoms with Gasteiger partial charge in [-0.2, -0.15) is 0 Å². The average molecular weight is 1050 g/mol. The first-order chi connectivity index (χ1) is 40.3. The van der Waals surface area contributed by atoms with Crippen LogP contribution in [0.15, 0.2) is 285 Å². The Labute approximate surface area is 480 Å². The number of para-hydroxylation sites is 3. The van der Waals surface area contributed by atoms with Crippen molar-refractivity contribution in [3.05, 3.63) is 318 Å². The molecule has 2 aliphatic heterocycles. The highest BCUT2D eigenvalue weighted by molar-refractivity contribution is 6.25. The fourth-order valence-corrected chi connectivity index (χ4v) is 13.3. The minimum absolute atomic E-state index is 0.570. The lowest BCUT2D eigenvalue weighted by Gasteiger charge is -2.35. The summed E-state index contributed by atoms with van der Waals surface area (Å²) in [6.45, 7) is 9.00. The highest BCUT2D eigenvalue weighted by Gasteiger charge is 2.43. The summed E-state index contributed by atoms with van der Waals surface area (Å²) in [6.07, 6.45) is 0. The fraction of sp³-hybridized carbons (Fsp3) is 0.0633. The maximum absolute atomic E-state index is 2.60. The minimum atomic E-state index is -0.570. The Bertz CT molecular complexity index is 4580. The molecule has 3 heteroatoms. The van der Waals surface area contributed by atoms with Gasteiger partial charge in [-0.15, -0.1) is 0 Å². The standard InChI is InChI=1S/C79H59N3/c1-52-31-41-59(42-32-52)80-62-47-48-66-69-50-70-71(51-73(69)79(4,72(66)49-62)58-39-37-57(38-40-58)65-25-13-16-28-74(65)80)78(82(61-45-35-54(3)36-46-61)76-30-18-15-24-64(76)56-21-9-6-10-22-56)68-27-12-11-26-67(68)77(70)81(60-43-33-53(2)34-44-60)75-29-17-14-23-63(75)55-19-7-5-8-20-55/h5-51H,1-4H3. The third-order valence-electron chi connectivity index (χ3n) is 17.4. The SMILES string of the molecule is Cc1ccc(N2c3ccc4c(c3)C(C)(c3ccc(cc3)-c3ccccc32)c2cc3c(N(c5ccc(C)cc5)c5ccccc5-c5ccccc5)c5ccccc5c(N(c5ccc(C)cc5)c5ccccc5-c5ccccc5)c3cc2-4)cc1. The van der Waals surface area contributed by atoms with Crippen LogP contribution < -0.4 is 14.7 Å². The van der Waals surface area contributed by atoms with Gasteiger partial charge in [0, 0.05) is 66.4 Å². The fourth-order valence-electron chi connectivity index (χ4n) is 13.3. The van der Waals surface area contributed by atoms with E-state index in [2.05, 4.69) is 328 Å². The van der Waals surface area contributed by atoms with E-state index >= 15 is 0 Å². The molecule has 0 spiro atoms. The second kappa shape index (κ2) is 19.5. The maximum Gasteiger partial charge on any atom is 0.0620 e. The topological polar surface area (TPSA) is 9.72 Å². The van der Waals surface area contributed by atoms with Crippen LogP contribution in [-0.4, -0.2) is 0 Å². The summed E-state index contributed by atoms with van der Waals surface area (Å²) >= 11 is 0. The van der Waals surface area contributed by atoms with Gasteiger partial charge in [0.1, 0.15) is 0 Å². The number of benzene rings is 13. The Morgan fingerprint density at radius 3 is 1.28 bits per heavy atom. The molecule has 3 nitrogen and oxygen atoms in total. The van der Waals surface area contributed by atoms with Gasteiger partial charge in [-0.25, -0.2) is 0 Å². The van der Waals surface area contributed by atoms with Crippen LogP contribution in [0.1, 0.15) is 40.3 Å². The molecular formula is C79H59N3. The molecule has 0 saturated heterocycles. The molecule has 13 aromatic carbocycles. The number of fused-ring (bicyclic) bond motifs is 6. The van der Waals surface area contributed by atoms with E-state index in [1.807, 2.05) is 0 Å². The lowest BCUT2D eigenvalue weighted by Crippen LogP contribution is -2.23. The second-order valence-electron chi connectivity index (χ2n) is 22.4. The second-order valence-corrected chi connectivity index (χ2v) is 22.4. The van der Waals surface area contributed by atoms with Crippen molar-refractivity contribution in [2.45, 2.75) is 33.1 Å². The third kappa shape index (κ3) is 7.87. The number of hydrogen-bond acceptors (Lipinski definition) is 3. The predicted octanol–water partition coefficient (Wildman–Crippen LogP) is 22.0. The number of hydrogen-bond donors (Lipinski definition) is 0. The van der Waals surface area contributed by atoms with Crippen molar-refractivity contribution < 1.29 is 0 Å². The van der Waals surface area contributed by atoms with E-state index in [1.54, 1.807) is 0 Å². The van der Waals surface area contributed by atoms with Crippen LogP contribution in [0.4, 0.5) is 51.2 Å². The molecule has 82 heavy (non-hydrogen) atoms. The van der Waals surface area contributed by atoms with Crippen molar-refractivity contribution >= 4 is 72.7 Å². The van der Waals surface area contributed by atoms with Gasteiger partial charge in [-0.3, -0.25) is 0 Å². The lowest BCUT2D eigenvalue weighted by molar-refractivity contribution is 0.715. The van der Waals surface area contributed by atoms with E-state index in [-0.39, 0.29) is 0 Å². The molecule has 390 valence electrons. The molecule has 0 radical (unpaired) electrons. The minimum Gasteiger partial charge on any atom is -0.310 e. The molecule has 0 aromatic heterocycles. The molecule has 1 aliphatic carbocycles. The van der Waals surface area contributed by atoms with Crippen molar-refractivity contribution in [2.75, 3.05) is 14.7 Å². The van der Waals surface area contributed by atoms with E-state index in [0.29, 0.717) is 0 Å². The summed E-state index contributed by atoms with van der Waals surface area (Å²) in [5.41, 5.74) is 26.3. The first-order valence-electron chi connectivity index (χ1n) is 28.6. The molecule has 0 N–H and O–H groups in total. The molecule has 1 unspecified atom stereocenters. The smallest absolute Gasteiger partial charge is 0.0620 e. The van der Waals surface area contributed by atoms with Gasteiger partial charge >= 0.3 is 0 Å². The molecule has 0 saturated carbocycles. The van der Waals surface area contributed by atoms with Gasteiger partial charge in [-0.1, -0.05) is 223 Å². The van der Waals surface area contributed by atoms with Crippen LogP contribution in [-0.2, 0) is 5.41 Å². The third-order valence-corrected chi connectivity index (χ3v) is 17.4. The van der Waals surface area contributed by atoms with Crippen molar-refractivity contribution in [1.82, 2.24) is 0 Å². The first kappa shape index (κ1) is 48.9. The van der Waals surface area contributed by atoms with E-state index in [0.717, 1.165) is 95.0 Å². The zero-order valence-electron chi connectivity index (χ0n) is 46.5. The van der Waals surface area contributed by atoms with Crippen LogP contribution in [0.5, 0.6) is 0 Å². The summed E-state index contributed by atoms with van der Waals surface area (Å²) in [6, 6.07) is 107. The molecule has 1 atom stereocenters. The quantitative estimate of drug-likeness (QED) is 0.105. The van der Waals surface area contributed by atoms with Crippen LogP contribution in [0.2, 0.25) is 0 Å². The molecule has 3 aliphatic rings. The van der Waals surface area contributed by atoms with Crippen molar-refractivity contribution in [3.63, 3.8) is 0 Å². The number of rotatable bonds is 9. The van der Waals surface area contributed by atoms with Crippen molar-refractivity contribution in [2.24, 2.45) is 0 Å². The Balaban J connectivity index is 1.11. The zero-order valence-corrected chi connectivity index (χ0v) is 46.5. The number of aryl methyl sites for hydroxylation is 3. The Kier molecular flexibility index (Phi) is 11.7. The van der Waals surface area contributed by atoms with E-state index < -0.39 is 5.41 Å². The summed E-state index contributed by atoms with van der Waals surface area (Å²) in [5.74, 6) is 0. The van der Waals surface area contributed by atoms with Crippen LogP contribution in [0.25, 0.3) is 66.1 Å². The molecule has 16 rings (SSSR count). The average Bonchev–Trinajstić information content (AvgIpc) is 2.65. The molecule has 13 aromatic rings. The van der Waals surface area contributed by atoms with Gasteiger partial charge in [0.15, 0.2) is 0 Å². The Hall–Kier alpha value is -10.2. The van der Waals surface area contributed by atoms with E-state index in [4.69, 9.17) is 0 Å². The normalized spacial score (nSPS) is 13.9. The molecule has 4 bridgehead atoms. The molecule has 2 heterocycles. The maximum atomic E-state index is 2.60. The molecular weight excluding hydrogens is 991 g/mol. The van der Waals surface area contributed by atoms with E-state index in [9.17, 15) is 0 Å². The van der Waals surface area contributed by atoms with Crippen LogP contribution in [0, 0.1) is 20.8 Å². The first-order valence-corrected chi connectivity index (χ1v) is 28.6. The lowest BCUT2D eigenvalue weighted by atomic mass is 9.73. The van der Waals surface area contributed by atoms with Crippen molar-refractivity contribution in [1.29, 1.82) is 0 Å². The largest absolute Gasteiger partial charge is 0.310 e. The summed E-state index contributed by atoms with van der Waals surface area (Å²) in [5, 5.41) is 4.59. The Morgan fingerprint density at radius 1 is 0.305 bits per heavy atom. The van der Waals surface area contributed by atoms with Gasteiger partial charge in [-0.05, 0) is 151 Å². The van der Waals surface area contributed by atoms with Gasteiger partial charge in [0.2, 0.25) is 0 Å². The predicted molar refractivity (Wildman–Crippen MR) is 347 cm³/mol. The Morgan fingerprint density at radius 2 is 0.732 bits per heavy atom. The number of anilines is 9. The summed E-state index contributed by atoms with van der Waals surface area (Å²) < 4.78 is 0. The highest BCUT2D eigenvalue weighted by atomic mass is 15.2. The van der Waals surface area contributed by atoms with Crippen molar-refractivity contribution in [3.8, 4) is 44.5 Å². The van der Waals surface area contributed by atoms with Gasteiger partial charge < -0.3 is 14.7 Å². The monoisotopic (exact) mass is 1050 g/mol. The summed E-state index contributed by atoms with van der Waals surface area (Å²) in [7, 11) is 0. The molecule has 0 fully saturated rings. The van der Waals surface area contributed by atoms with E-state index in [1.165, 1.54) is 55.6 Å². The zero-order chi connectivity index (χ0) is 55.1. The summed E-state index contributed by atoms with van der Waals surface area (Å²) in [4.78, 5) is 7.57. The highest BCUT2D eigenvalue weighted by Crippen LogP contribution is 2.60.